The molecule has 0 aliphatic rings. The minimum atomic E-state index is -0.717. The number of furan rings is 1. The van der Waals surface area contributed by atoms with Gasteiger partial charge in [0.15, 0.2) is 5.76 Å². The number of hydrogen-bond donors (Lipinski definition) is 3. The van der Waals surface area contributed by atoms with E-state index in [2.05, 4.69) is 21.8 Å². The number of nitrogens with one attached hydrogen (secondary N) is 2. The Bertz CT molecular complexity index is 1050. The van der Waals surface area contributed by atoms with Gasteiger partial charge in [-0.15, -0.1) is 0 Å². The molecule has 9 nitrogen and oxygen atoms in total. The largest absolute Gasteiger partial charge is 0.459 e. The van der Waals surface area contributed by atoms with E-state index in [1.165, 1.54) is 12.3 Å². The molecule has 0 bridgehead atoms. The first kappa shape index (κ1) is 20.7. The SMILES string of the molecule is CC(NC(=O)c1ccco1)C(=O)NCCCc1nn(-c2ccccc2)c(N)c1C#N. The molecule has 0 spiro atoms. The molecule has 3 aromatic rings. The Balaban J connectivity index is 1.52. The highest BCUT2D eigenvalue weighted by atomic mass is 16.3. The summed E-state index contributed by atoms with van der Waals surface area (Å²) in [6.07, 6.45) is 2.42. The molecule has 9 heteroatoms. The van der Waals surface area contributed by atoms with Crippen LogP contribution in [0.25, 0.3) is 5.69 Å². The number of para-hydroxylation sites is 1. The predicted octanol–water partition coefficient (Wildman–Crippen LogP) is 1.79. The number of nitrogens with two attached hydrogens (primary N) is 1. The molecule has 2 aromatic heterocycles. The molecule has 0 saturated carbocycles. The van der Waals surface area contributed by atoms with Gasteiger partial charge in [-0.25, -0.2) is 4.68 Å². The molecular formula is C21H22N6O3. The number of benzene rings is 1. The van der Waals surface area contributed by atoms with Crippen LogP contribution in [0.4, 0.5) is 5.82 Å². The van der Waals surface area contributed by atoms with Crippen LogP contribution in [0.2, 0.25) is 0 Å². The Labute approximate surface area is 173 Å². The van der Waals surface area contributed by atoms with Crippen LogP contribution in [-0.2, 0) is 11.2 Å². The molecule has 1 atom stereocenters. The molecule has 0 aliphatic carbocycles. The fourth-order valence-corrected chi connectivity index (χ4v) is 2.90. The number of aromatic nitrogens is 2. The van der Waals surface area contributed by atoms with E-state index in [0.717, 1.165) is 5.69 Å². The average Bonchev–Trinajstić information content (AvgIpc) is 3.40. The van der Waals surface area contributed by atoms with Gasteiger partial charge in [0.05, 0.1) is 17.6 Å². The van der Waals surface area contributed by atoms with E-state index in [1.54, 1.807) is 17.7 Å². The molecule has 4 N–H and O–H groups in total. The Hall–Kier alpha value is -4.06. The third kappa shape index (κ3) is 4.67. The first-order valence-electron chi connectivity index (χ1n) is 9.46. The van der Waals surface area contributed by atoms with E-state index in [9.17, 15) is 14.9 Å². The van der Waals surface area contributed by atoms with E-state index >= 15 is 0 Å². The maximum Gasteiger partial charge on any atom is 0.287 e. The number of carbonyl (C=O) groups excluding carboxylic acids is 2. The summed E-state index contributed by atoms with van der Waals surface area (Å²) < 4.78 is 6.54. The van der Waals surface area contributed by atoms with Gasteiger partial charge in [-0.1, -0.05) is 18.2 Å². The summed E-state index contributed by atoms with van der Waals surface area (Å²) in [5, 5.41) is 19.2. The average molecular weight is 406 g/mol. The number of anilines is 1. The summed E-state index contributed by atoms with van der Waals surface area (Å²) in [6, 6.07) is 13.8. The van der Waals surface area contributed by atoms with Crippen molar-refractivity contribution in [1.29, 1.82) is 5.26 Å². The van der Waals surface area contributed by atoms with Crippen molar-refractivity contribution in [1.82, 2.24) is 20.4 Å². The summed E-state index contributed by atoms with van der Waals surface area (Å²) in [5.41, 5.74) is 7.77. The van der Waals surface area contributed by atoms with Crippen LogP contribution in [0.5, 0.6) is 0 Å². The third-order valence-corrected chi connectivity index (χ3v) is 4.48. The molecule has 0 fully saturated rings. The number of aryl methyl sites for hydroxylation is 1. The number of nitrogen functional groups attached to an aromatic ring is 1. The normalized spacial score (nSPS) is 11.5. The van der Waals surface area contributed by atoms with Crippen LogP contribution < -0.4 is 16.4 Å². The monoisotopic (exact) mass is 406 g/mol. The second kappa shape index (κ2) is 9.43. The molecule has 30 heavy (non-hydrogen) atoms. The van der Waals surface area contributed by atoms with E-state index in [4.69, 9.17) is 10.2 Å². The number of rotatable bonds is 8. The van der Waals surface area contributed by atoms with Gasteiger partial charge in [-0.3, -0.25) is 9.59 Å². The molecule has 0 radical (unpaired) electrons. The van der Waals surface area contributed by atoms with Crippen molar-refractivity contribution in [2.24, 2.45) is 0 Å². The van der Waals surface area contributed by atoms with Crippen LogP contribution >= 0.6 is 0 Å². The lowest BCUT2D eigenvalue weighted by Crippen LogP contribution is -2.45. The van der Waals surface area contributed by atoms with E-state index in [0.29, 0.717) is 30.6 Å². The van der Waals surface area contributed by atoms with Gasteiger partial charge in [-0.2, -0.15) is 10.4 Å². The summed E-state index contributed by atoms with van der Waals surface area (Å²) in [4.78, 5) is 24.1. The quantitative estimate of drug-likeness (QED) is 0.487. The van der Waals surface area contributed by atoms with Crippen LogP contribution in [0.1, 0.15) is 35.2 Å². The van der Waals surface area contributed by atoms with Crippen molar-refractivity contribution in [3.8, 4) is 11.8 Å². The lowest BCUT2D eigenvalue weighted by Gasteiger charge is -2.13. The third-order valence-electron chi connectivity index (χ3n) is 4.48. The highest BCUT2D eigenvalue weighted by molar-refractivity contribution is 5.95. The van der Waals surface area contributed by atoms with E-state index < -0.39 is 11.9 Å². The smallest absolute Gasteiger partial charge is 0.287 e. The van der Waals surface area contributed by atoms with Gasteiger partial charge in [-0.05, 0) is 44.0 Å². The van der Waals surface area contributed by atoms with Gasteiger partial charge in [0.25, 0.3) is 5.91 Å². The maximum atomic E-state index is 12.2. The Kier molecular flexibility index (Phi) is 6.49. The molecule has 2 amide bonds. The van der Waals surface area contributed by atoms with Crippen molar-refractivity contribution in [3.63, 3.8) is 0 Å². The van der Waals surface area contributed by atoms with Crippen molar-refractivity contribution in [2.75, 3.05) is 12.3 Å². The number of carbonyl (C=O) groups is 2. The zero-order chi connectivity index (χ0) is 21.5. The topological polar surface area (TPSA) is 139 Å². The molecule has 1 unspecified atom stereocenters. The second-order valence-electron chi connectivity index (χ2n) is 6.63. The van der Waals surface area contributed by atoms with Crippen LogP contribution in [-0.4, -0.2) is 34.2 Å². The van der Waals surface area contributed by atoms with Crippen molar-refractivity contribution in [2.45, 2.75) is 25.8 Å². The zero-order valence-corrected chi connectivity index (χ0v) is 16.5. The van der Waals surface area contributed by atoms with Crippen LogP contribution in [0.3, 0.4) is 0 Å². The van der Waals surface area contributed by atoms with Crippen LogP contribution in [0.15, 0.2) is 53.1 Å². The van der Waals surface area contributed by atoms with E-state index in [1.807, 2.05) is 30.3 Å². The number of nitrogens with zero attached hydrogens (tertiary/aromatic N) is 3. The highest BCUT2D eigenvalue weighted by Crippen LogP contribution is 2.21. The minimum Gasteiger partial charge on any atom is -0.459 e. The van der Waals surface area contributed by atoms with Crippen molar-refractivity contribution < 1.29 is 14.0 Å². The van der Waals surface area contributed by atoms with Crippen LogP contribution in [0, 0.1) is 11.3 Å². The standard InChI is InChI=1S/C21H22N6O3/c1-14(25-21(29)18-10-6-12-30-18)20(28)24-11-5-9-17-16(13-22)19(23)27(26-17)15-7-3-2-4-8-15/h2-4,6-8,10,12,14H,5,9,11,23H2,1H3,(H,24,28)(H,25,29). The van der Waals surface area contributed by atoms with Crippen molar-refractivity contribution in [3.05, 3.63) is 65.7 Å². The fraction of sp³-hybridized carbons (Fsp3) is 0.238. The number of amides is 2. The Morgan fingerprint density at radius 2 is 2.03 bits per heavy atom. The van der Waals surface area contributed by atoms with Gasteiger partial charge in [0, 0.05) is 6.54 Å². The Morgan fingerprint density at radius 3 is 2.70 bits per heavy atom. The molecule has 1 aromatic carbocycles. The Morgan fingerprint density at radius 1 is 1.27 bits per heavy atom. The molecule has 0 saturated heterocycles. The zero-order valence-electron chi connectivity index (χ0n) is 16.5. The summed E-state index contributed by atoms with van der Waals surface area (Å²) in [6.45, 7) is 1.95. The molecule has 3 rings (SSSR count). The van der Waals surface area contributed by atoms with Gasteiger partial charge < -0.3 is 20.8 Å². The van der Waals surface area contributed by atoms with E-state index in [-0.39, 0.29) is 17.5 Å². The first-order chi connectivity index (χ1) is 14.5. The lowest BCUT2D eigenvalue weighted by atomic mass is 10.1. The van der Waals surface area contributed by atoms with Crippen molar-refractivity contribution >= 4 is 17.6 Å². The van der Waals surface area contributed by atoms with Gasteiger partial charge in [0.2, 0.25) is 5.91 Å². The number of hydrogen-bond acceptors (Lipinski definition) is 6. The molecular weight excluding hydrogens is 384 g/mol. The molecule has 2 heterocycles. The lowest BCUT2D eigenvalue weighted by molar-refractivity contribution is -0.122. The second-order valence-corrected chi connectivity index (χ2v) is 6.63. The summed E-state index contributed by atoms with van der Waals surface area (Å²) in [5.74, 6) is -0.338. The summed E-state index contributed by atoms with van der Waals surface area (Å²) >= 11 is 0. The summed E-state index contributed by atoms with van der Waals surface area (Å²) in [7, 11) is 0. The first-order valence-corrected chi connectivity index (χ1v) is 9.46. The highest BCUT2D eigenvalue weighted by Gasteiger charge is 2.19. The maximum absolute atomic E-state index is 12.2. The number of nitriles is 1. The van der Waals surface area contributed by atoms with Gasteiger partial charge in [0.1, 0.15) is 23.5 Å². The fourth-order valence-electron chi connectivity index (χ4n) is 2.90. The molecule has 154 valence electrons. The molecule has 0 aliphatic heterocycles. The van der Waals surface area contributed by atoms with Gasteiger partial charge >= 0.3 is 0 Å². The minimum absolute atomic E-state index is 0.144. The predicted molar refractivity (Wildman–Crippen MR) is 110 cm³/mol.